The van der Waals surface area contributed by atoms with Crippen LogP contribution in [-0.2, 0) is 5.54 Å². The summed E-state index contributed by atoms with van der Waals surface area (Å²) in [7, 11) is 0. The van der Waals surface area contributed by atoms with E-state index in [-0.39, 0.29) is 5.54 Å². The fourth-order valence-corrected chi connectivity index (χ4v) is 1.62. The van der Waals surface area contributed by atoms with Gasteiger partial charge in [-0.05, 0) is 26.8 Å². The molecule has 0 aliphatic rings. The Morgan fingerprint density at radius 2 is 1.88 bits per heavy atom. The molecule has 2 rings (SSSR count). The van der Waals surface area contributed by atoms with Gasteiger partial charge in [0.2, 0.25) is 0 Å². The molecule has 0 saturated carbocycles. The van der Waals surface area contributed by atoms with Gasteiger partial charge in [-0.15, -0.1) is 5.10 Å². The predicted molar refractivity (Wildman–Crippen MR) is 65.5 cm³/mol. The monoisotopic (exact) mass is 235 g/mol. The van der Waals surface area contributed by atoms with Crippen LogP contribution in [0.3, 0.4) is 0 Å². The maximum absolute atomic E-state index is 6.11. The molecular weight excluding hydrogens is 222 g/mol. The van der Waals surface area contributed by atoms with E-state index in [0.29, 0.717) is 5.02 Å². The summed E-state index contributed by atoms with van der Waals surface area (Å²) in [5, 5.41) is 8.95. The maximum atomic E-state index is 6.11. The molecule has 3 nitrogen and oxygen atoms in total. The number of benzene rings is 1. The van der Waals surface area contributed by atoms with Crippen LogP contribution in [0.25, 0.3) is 11.3 Å². The van der Waals surface area contributed by atoms with E-state index in [1.807, 2.05) is 35.1 Å². The van der Waals surface area contributed by atoms with Gasteiger partial charge in [-0.25, -0.2) is 4.68 Å². The Labute approximate surface area is 100 Å². The Bertz CT molecular complexity index is 497. The standard InChI is InChI=1S/C12H14ClN3/c1-12(2,3)16-8-11(14-15-16)9-6-4-5-7-10(9)13/h4-8H,1-3H3. The lowest BCUT2D eigenvalue weighted by Crippen LogP contribution is -2.22. The number of rotatable bonds is 1. The molecule has 0 N–H and O–H groups in total. The van der Waals surface area contributed by atoms with Crippen LogP contribution in [0, 0.1) is 0 Å². The van der Waals surface area contributed by atoms with E-state index in [9.17, 15) is 0 Å². The molecule has 2 aromatic rings. The molecule has 4 heteroatoms. The summed E-state index contributed by atoms with van der Waals surface area (Å²) in [6.45, 7) is 6.24. The second-order valence-electron chi connectivity index (χ2n) is 4.70. The molecule has 0 spiro atoms. The summed E-state index contributed by atoms with van der Waals surface area (Å²) in [6, 6.07) is 7.64. The Balaban J connectivity index is 2.44. The summed E-state index contributed by atoms with van der Waals surface area (Å²) in [4.78, 5) is 0. The Kier molecular flexibility index (Phi) is 2.72. The zero-order chi connectivity index (χ0) is 11.8. The third-order valence-corrected chi connectivity index (χ3v) is 2.66. The summed E-state index contributed by atoms with van der Waals surface area (Å²) < 4.78 is 1.84. The van der Waals surface area contributed by atoms with Crippen molar-refractivity contribution in [2.45, 2.75) is 26.3 Å². The van der Waals surface area contributed by atoms with Crippen LogP contribution >= 0.6 is 11.6 Å². The van der Waals surface area contributed by atoms with Crippen molar-refractivity contribution in [3.63, 3.8) is 0 Å². The second-order valence-corrected chi connectivity index (χ2v) is 5.11. The minimum absolute atomic E-state index is 0.0630. The van der Waals surface area contributed by atoms with E-state index in [4.69, 9.17) is 11.6 Å². The highest BCUT2D eigenvalue weighted by molar-refractivity contribution is 6.33. The van der Waals surface area contributed by atoms with Crippen molar-refractivity contribution < 1.29 is 0 Å². The summed E-state index contributed by atoms with van der Waals surface area (Å²) in [6.07, 6.45) is 1.92. The van der Waals surface area contributed by atoms with E-state index in [0.717, 1.165) is 11.3 Å². The SMILES string of the molecule is CC(C)(C)n1cc(-c2ccccc2Cl)nn1. The molecule has 1 aromatic carbocycles. The number of nitrogens with zero attached hydrogens (tertiary/aromatic N) is 3. The van der Waals surface area contributed by atoms with Crippen LogP contribution in [-0.4, -0.2) is 15.0 Å². The number of halogens is 1. The zero-order valence-electron chi connectivity index (χ0n) is 9.61. The van der Waals surface area contributed by atoms with Crippen molar-refractivity contribution in [3.8, 4) is 11.3 Å². The van der Waals surface area contributed by atoms with Gasteiger partial charge >= 0.3 is 0 Å². The number of aromatic nitrogens is 3. The highest BCUT2D eigenvalue weighted by Gasteiger charge is 2.16. The fraction of sp³-hybridized carbons (Fsp3) is 0.333. The lowest BCUT2D eigenvalue weighted by atomic mass is 10.1. The third kappa shape index (κ3) is 2.09. The topological polar surface area (TPSA) is 30.7 Å². The van der Waals surface area contributed by atoms with Crippen molar-refractivity contribution in [2.24, 2.45) is 0 Å². The summed E-state index contributed by atoms with van der Waals surface area (Å²) >= 11 is 6.11. The molecule has 16 heavy (non-hydrogen) atoms. The molecule has 0 aliphatic carbocycles. The largest absolute Gasteiger partial charge is 0.247 e. The van der Waals surface area contributed by atoms with Gasteiger partial charge < -0.3 is 0 Å². The second kappa shape index (κ2) is 3.91. The molecule has 1 aromatic heterocycles. The first-order chi connectivity index (χ1) is 7.48. The van der Waals surface area contributed by atoms with Gasteiger partial charge in [0.1, 0.15) is 5.69 Å². The molecule has 1 heterocycles. The van der Waals surface area contributed by atoms with Gasteiger partial charge in [-0.3, -0.25) is 0 Å². The molecule has 0 saturated heterocycles. The van der Waals surface area contributed by atoms with E-state index >= 15 is 0 Å². The van der Waals surface area contributed by atoms with Crippen molar-refractivity contribution in [1.29, 1.82) is 0 Å². The number of hydrogen-bond donors (Lipinski definition) is 0. The molecule has 0 radical (unpaired) electrons. The van der Waals surface area contributed by atoms with Crippen molar-refractivity contribution in [2.75, 3.05) is 0 Å². The van der Waals surface area contributed by atoms with Crippen LogP contribution in [0.2, 0.25) is 5.02 Å². The first-order valence-electron chi connectivity index (χ1n) is 5.16. The Morgan fingerprint density at radius 1 is 1.19 bits per heavy atom. The Morgan fingerprint density at radius 3 is 2.44 bits per heavy atom. The molecular formula is C12H14ClN3. The van der Waals surface area contributed by atoms with E-state index in [2.05, 4.69) is 31.1 Å². The average Bonchev–Trinajstić information content (AvgIpc) is 2.66. The summed E-state index contributed by atoms with van der Waals surface area (Å²) in [5.74, 6) is 0. The van der Waals surface area contributed by atoms with E-state index < -0.39 is 0 Å². The normalized spacial score (nSPS) is 11.8. The van der Waals surface area contributed by atoms with Crippen LogP contribution in [0.4, 0.5) is 0 Å². The first-order valence-corrected chi connectivity index (χ1v) is 5.54. The molecule has 0 bridgehead atoms. The van der Waals surface area contributed by atoms with Crippen LogP contribution in [0.1, 0.15) is 20.8 Å². The van der Waals surface area contributed by atoms with Gasteiger partial charge in [0.05, 0.1) is 16.8 Å². The molecule has 0 atom stereocenters. The molecule has 84 valence electrons. The van der Waals surface area contributed by atoms with Gasteiger partial charge in [0.25, 0.3) is 0 Å². The molecule has 0 fully saturated rings. The predicted octanol–water partition coefficient (Wildman–Crippen LogP) is 3.35. The van der Waals surface area contributed by atoms with Crippen LogP contribution in [0.15, 0.2) is 30.5 Å². The smallest absolute Gasteiger partial charge is 0.114 e. The summed E-state index contributed by atoms with van der Waals surface area (Å²) in [5.41, 5.74) is 1.66. The highest BCUT2D eigenvalue weighted by Crippen LogP contribution is 2.26. The van der Waals surface area contributed by atoms with Crippen LogP contribution in [0.5, 0.6) is 0 Å². The van der Waals surface area contributed by atoms with Crippen LogP contribution < -0.4 is 0 Å². The fourth-order valence-electron chi connectivity index (χ4n) is 1.38. The van der Waals surface area contributed by atoms with Gasteiger partial charge in [0.15, 0.2) is 0 Å². The van der Waals surface area contributed by atoms with E-state index in [1.165, 1.54) is 0 Å². The average molecular weight is 236 g/mol. The van der Waals surface area contributed by atoms with Gasteiger partial charge in [0, 0.05) is 5.56 Å². The number of hydrogen-bond acceptors (Lipinski definition) is 2. The van der Waals surface area contributed by atoms with E-state index in [1.54, 1.807) is 0 Å². The molecule has 0 amide bonds. The first kappa shape index (κ1) is 11.1. The third-order valence-electron chi connectivity index (χ3n) is 2.33. The molecule has 0 unspecified atom stereocenters. The van der Waals surface area contributed by atoms with Crippen molar-refractivity contribution >= 4 is 11.6 Å². The lowest BCUT2D eigenvalue weighted by Gasteiger charge is -2.17. The zero-order valence-corrected chi connectivity index (χ0v) is 10.4. The maximum Gasteiger partial charge on any atom is 0.114 e. The molecule has 0 aliphatic heterocycles. The van der Waals surface area contributed by atoms with Gasteiger partial charge in [-0.2, -0.15) is 0 Å². The minimum Gasteiger partial charge on any atom is -0.247 e. The minimum atomic E-state index is -0.0630. The highest BCUT2D eigenvalue weighted by atomic mass is 35.5. The van der Waals surface area contributed by atoms with Gasteiger partial charge in [-0.1, -0.05) is 35.0 Å². The Hall–Kier alpha value is -1.35. The van der Waals surface area contributed by atoms with Crippen molar-refractivity contribution in [3.05, 3.63) is 35.5 Å². The lowest BCUT2D eigenvalue weighted by molar-refractivity contribution is 0.347. The quantitative estimate of drug-likeness (QED) is 0.759. The van der Waals surface area contributed by atoms with Crippen molar-refractivity contribution in [1.82, 2.24) is 15.0 Å².